The predicted octanol–water partition coefficient (Wildman–Crippen LogP) is -0.0639. The molecule has 0 spiro atoms. The Balaban J connectivity index is 2.26. The molecule has 1 aliphatic rings. The first kappa shape index (κ1) is 13.7. The Bertz CT molecular complexity index is 265. The van der Waals surface area contributed by atoms with Gasteiger partial charge >= 0.3 is 12.1 Å². The number of rotatable bonds is 4. The van der Waals surface area contributed by atoms with Gasteiger partial charge in [0.15, 0.2) is 0 Å². The van der Waals surface area contributed by atoms with E-state index in [9.17, 15) is 9.59 Å². The van der Waals surface area contributed by atoms with Gasteiger partial charge in [-0.15, -0.1) is 0 Å². The van der Waals surface area contributed by atoms with Crippen molar-refractivity contribution in [3.8, 4) is 0 Å². The van der Waals surface area contributed by atoms with Crippen molar-refractivity contribution in [2.75, 3.05) is 13.2 Å². The van der Waals surface area contributed by atoms with Crippen molar-refractivity contribution in [2.45, 2.75) is 38.1 Å². The number of hydrogen-bond donors (Lipinski definition) is 2. The normalized spacial score (nSPS) is 22.2. The average Bonchev–Trinajstić information content (AvgIpc) is 2.50. The summed E-state index contributed by atoms with van der Waals surface area (Å²) in [6, 6.07) is 0. The van der Waals surface area contributed by atoms with E-state index in [0.717, 1.165) is 6.42 Å². The van der Waals surface area contributed by atoms with E-state index in [-0.39, 0.29) is 6.61 Å². The zero-order valence-electron chi connectivity index (χ0n) is 9.33. The maximum atomic E-state index is 11.1. The molecule has 0 radical (unpaired) electrons. The summed E-state index contributed by atoms with van der Waals surface area (Å²) in [6.45, 7) is -0.873. The topological polar surface area (TPSA) is 102 Å². The van der Waals surface area contributed by atoms with Crippen molar-refractivity contribution in [2.24, 2.45) is 0 Å². The highest BCUT2D eigenvalue weighted by Crippen LogP contribution is 2.15. The summed E-state index contributed by atoms with van der Waals surface area (Å²) in [4.78, 5) is 22.2. The van der Waals surface area contributed by atoms with Gasteiger partial charge in [-0.25, -0.2) is 4.79 Å². The van der Waals surface area contributed by atoms with Crippen LogP contribution in [0.5, 0.6) is 0 Å². The Hall–Kier alpha value is -1.34. The molecule has 0 aromatic carbocycles. The van der Waals surface area contributed by atoms with Gasteiger partial charge in [-0.05, 0) is 12.8 Å². The van der Waals surface area contributed by atoms with E-state index in [1.54, 1.807) is 0 Å². The van der Waals surface area contributed by atoms with Crippen LogP contribution in [-0.4, -0.2) is 47.9 Å². The quantitative estimate of drug-likeness (QED) is 0.671. The Morgan fingerprint density at radius 2 is 2.29 bits per heavy atom. The van der Waals surface area contributed by atoms with E-state index < -0.39 is 31.1 Å². The summed E-state index contributed by atoms with van der Waals surface area (Å²) in [7, 11) is 0. The predicted molar refractivity (Wildman–Crippen MR) is 53.9 cm³/mol. The number of carbonyl (C=O) groups is 2. The number of aliphatic hydroxyl groups is 2. The van der Waals surface area contributed by atoms with Crippen LogP contribution in [-0.2, 0) is 19.0 Å². The van der Waals surface area contributed by atoms with Gasteiger partial charge in [0.05, 0.1) is 6.61 Å². The summed E-state index contributed by atoms with van der Waals surface area (Å²) < 4.78 is 14.1. The first-order valence-corrected chi connectivity index (χ1v) is 5.43. The number of ether oxygens (including phenoxy) is 3. The van der Waals surface area contributed by atoms with Crippen molar-refractivity contribution < 1.29 is 34.0 Å². The van der Waals surface area contributed by atoms with E-state index >= 15 is 0 Å². The van der Waals surface area contributed by atoms with Crippen molar-refractivity contribution in [1.82, 2.24) is 0 Å². The number of carbonyl (C=O) groups excluding carboxylic acids is 2. The van der Waals surface area contributed by atoms with Gasteiger partial charge in [-0.3, -0.25) is 4.79 Å². The number of aliphatic hydroxyl groups excluding tert-OH is 2. The molecule has 1 aliphatic heterocycles. The minimum Gasteiger partial charge on any atom is -0.431 e. The molecular formula is C10H16O7. The summed E-state index contributed by atoms with van der Waals surface area (Å²) >= 11 is 0. The molecule has 1 heterocycles. The summed E-state index contributed by atoms with van der Waals surface area (Å²) in [6.07, 6.45) is -0.915. The molecule has 0 saturated carbocycles. The lowest BCUT2D eigenvalue weighted by molar-refractivity contribution is -0.170. The average molecular weight is 248 g/mol. The van der Waals surface area contributed by atoms with Gasteiger partial charge < -0.3 is 24.4 Å². The smallest absolute Gasteiger partial charge is 0.431 e. The Kier molecular flexibility index (Phi) is 5.71. The molecule has 0 amide bonds. The van der Waals surface area contributed by atoms with Gasteiger partial charge in [0.1, 0.15) is 12.7 Å². The third-order valence-corrected chi connectivity index (χ3v) is 2.17. The van der Waals surface area contributed by atoms with Crippen LogP contribution in [0.15, 0.2) is 0 Å². The fourth-order valence-corrected chi connectivity index (χ4v) is 1.29. The highest BCUT2D eigenvalue weighted by Gasteiger charge is 2.22. The second kappa shape index (κ2) is 7.08. The van der Waals surface area contributed by atoms with Gasteiger partial charge in [0.2, 0.25) is 0 Å². The minimum absolute atomic E-state index is 0.318. The molecule has 7 heteroatoms. The van der Waals surface area contributed by atoms with Crippen molar-refractivity contribution in [3.05, 3.63) is 0 Å². The van der Waals surface area contributed by atoms with Crippen LogP contribution in [0.2, 0.25) is 0 Å². The lowest BCUT2D eigenvalue weighted by Gasteiger charge is -2.15. The van der Waals surface area contributed by atoms with Crippen molar-refractivity contribution >= 4 is 12.1 Å². The number of esters is 1. The van der Waals surface area contributed by atoms with Crippen LogP contribution < -0.4 is 0 Å². The standard InChI is InChI=1S/C10H16O7/c11-5-7(12)6-15-10(14)17-9-4-2-1-3-8(13)16-9/h7,9,11-12H,1-6H2. The second-order valence-electron chi connectivity index (χ2n) is 3.68. The first-order chi connectivity index (χ1) is 8.11. The molecule has 98 valence electrons. The summed E-state index contributed by atoms with van der Waals surface area (Å²) in [5.74, 6) is -0.407. The lowest BCUT2D eigenvalue weighted by Crippen LogP contribution is -2.27. The van der Waals surface area contributed by atoms with Crippen LogP contribution in [0.25, 0.3) is 0 Å². The number of hydrogen-bond acceptors (Lipinski definition) is 7. The van der Waals surface area contributed by atoms with E-state index in [2.05, 4.69) is 4.74 Å². The molecule has 2 atom stereocenters. The summed E-state index contributed by atoms with van der Waals surface area (Å²) in [5.41, 5.74) is 0. The molecule has 7 nitrogen and oxygen atoms in total. The van der Waals surface area contributed by atoms with E-state index in [4.69, 9.17) is 19.7 Å². The zero-order chi connectivity index (χ0) is 12.7. The molecule has 2 N–H and O–H groups in total. The third-order valence-electron chi connectivity index (χ3n) is 2.17. The molecule has 0 aromatic heterocycles. The fraction of sp³-hybridized carbons (Fsp3) is 0.800. The summed E-state index contributed by atoms with van der Waals surface area (Å²) in [5, 5.41) is 17.4. The van der Waals surface area contributed by atoms with Gasteiger partial charge in [0, 0.05) is 12.8 Å². The SMILES string of the molecule is O=C1CCCCC(OC(=O)OCC(O)CO)O1. The Morgan fingerprint density at radius 3 is 3.00 bits per heavy atom. The molecule has 1 rings (SSSR count). The Morgan fingerprint density at radius 1 is 1.53 bits per heavy atom. The Labute approximate surface area is 98.3 Å². The van der Waals surface area contributed by atoms with Crippen molar-refractivity contribution in [3.63, 3.8) is 0 Å². The zero-order valence-corrected chi connectivity index (χ0v) is 9.33. The molecule has 17 heavy (non-hydrogen) atoms. The largest absolute Gasteiger partial charge is 0.511 e. The van der Waals surface area contributed by atoms with Crippen LogP contribution in [0.3, 0.4) is 0 Å². The van der Waals surface area contributed by atoms with Gasteiger partial charge in [0.25, 0.3) is 6.29 Å². The molecule has 2 unspecified atom stereocenters. The van der Waals surface area contributed by atoms with Gasteiger partial charge in [-0.2, -0.15) is 0 Å². The second-order valence-corrected chi connectivity index (χ2v) is 3.68. The van der Waals surface area contributed by atoms with Crippen LogP contribution in [0, 0.1) is 0 Å². The van der Waals surface area contributed by atoms with E-state index in [0.29, 0.717) is 19.3 Å². The van der Waals surface area contributed by atoms with E-state index in [1.165, 1.54) is 0 Å². The molecule has 1 fully saturated rings. The number of cyclic esters (lactones) is 1. The van der Waals surface area contributed by atoms with Crippen LogP contribution >= 0.6 is 0 Å². The molecule has 0 bridgehead atoms. The molecule has 0 aliphatic carbocycles. The highest BCUT2D eigenvalue weighted by atomic mass is 16.8. The van der Waals surface area contributed by atoms with Crippen molar-refractivity contribution in [1.29, 1.82) is 0 Å². The maximum Gasteiger partial charge on any atom is 0.511 e. The molecular weight excluding hydrogens is 232 g/mol. The lowest BCUT2D eigenvalue weighted by atomic mass is 10.2. The molecule has 0 aromatic rings. The minimum atomic E-state index is -1.14. The van der Waals surface area contributed by atoms with Crippen LogP contribution in [0.1, 0.15) is 25.7 Å². The van der Waals surface area contributed by atoms with Gasteiger partial charge in [-0.1, -0.05) is 0 Å². The monoisotopic (exact) mass is 248 g/mol. The maximum absolute atomic E-state index is 11.1. The van der Waals surface area contributed by atoms with Crippen LogP contribution in [0.4, 0.5) is 4.79 Å². The highest BCUT2D eigenvalue weighted by molar-refractivity contribution is 5.70. The first-order valence-electron chi connectivity index (χ1n) is 5.43. The molecule has 1 saturated heterocycles. The third kappa shape index (κ3) is 5.50. The fourth-order valence-electron chi connectivity index (χ4n) is 1.29. The van der Waals surface area contributed by atoms with E-state index in [1.807, 2.05) is 0 Å².